The number of hydrogen-bond donors (Lipinski definition) is 3. The number of pyridine rings is 2. The molecule has 4 saturated carbocycles. The predicted molar refractivity (Wildman–Crippen MR) is 376 cm³/mol. The van der Waals surface area contributed by atoms with Crippen molar-refractivity contribution >= 4 is 31.9 Å². The summed E-state index contributed by atoms with van der Waals surface area (Å²) in [6, 6.07) is 20.5. The Hall–Kier alpha value is -3.75. The van der Waals surface area contributed by atoms with E-state index in [1.54, 1.807) is 38.2 Å². The number of aromatic nitrogens is 2. The van der Waals surface area contributed by atoms with E-state index >= 15 is 0 Å². The molecule has 19 heteroatoms. The quantitative estimate of drug-likeness (QED) is 0.0232. The van der Waals surface area contributed by atoms with Crippen LogP contribution in [0.25, 0.3) is 28.3 Å². The summed E-state index contributed by atoms with van der Waals surface area (Å²) in [6.45, 7) is 29.3. The molecule has 4 fully saturated rings. The predicted octanol–water partition coefficient (Wildman–Crippen LogP) is 15.2. The zero-order valence-corrected chi connectivity index (χ0v) is 62.8. The van der Waals surface area contributed by atoms with Crippen LogP contribution in [0.5, 0.6) is 0 Å². The normalized spacial score (nSPS) is 21.2. The molecule has 10 atom stereocenters. The molecule has 4 aromatic rings. The first-order valence-electron chi connectivity index (χ1n) is 34.7. The molecular formula is C76H122F2LiN2O12PTi. The number of rotatable bonds is 21. The molecule has 0 spiro atoms. The minimum absolute atomic E-state index is 0. The summed E-state index contributed by atoms with van der Waals surface area (Å²) in [5.74, 6) is 4.20. The van der Waals surface area contributed by atoms with E-state index < -0.39 is 7.60 Å². The Balaban J connectivity index is -0.00000118. The number of allylic oxidation sites excluding steroid dienone is 1. The van der Waals surface area contributed by atoms with Crippen molar-refractivity contribution in [2.45, 2.75) is 205 Å². The first-order valence-corrected chi connectivity index (χ1v) is 36.4. The zero-order valence-electron chi connectivity index (χ0n) is 60.4. The van der Waals surface area contributed by atoms with Gasteiger partial charge in [0.05, 0.1) is 44.0 Å². The maximum absolute atomic E-state index is 13.5. The second kappa shape index (κ2) is 58.1. The molecule has 0 radical (unpaired) electrons. The van der Waals surface area contributed by atoms with Crippen molar-refractivity contribution in [3.8, 4) is 22.3 Å². The average molecular weight is 1380 g/mol. The van der Waals surface area contributed by atoms with Crippen LogP contribution in [0, 0.1) is 77.7 Å². The molecule has 532 valence electrons. The molecule has 4 aliphatic carbocycles. The van der Waals surface area contributed by atoms with Gasteiger partial charge in [-0.25, -0.2) is 8.78 Å². The summed E-state index contributed by atoms with van der Waals surface area (Å²) in [5.41, 5.74) is 4.84. The molecule has 8 rings (SSSR count). The van der Waals surface area contributed by atoms with Gasteiger partial charge in [-0.15, -0.1) is 0 Å². The Morgan fingerprint density at radius 2 is 1.01 bits per heavy atom. The van der Waals surface area contributed by atoms with E-state index in [9.17, 15) is 27.7 Å². The number of halogens is 2. The number of esters is 2. The van der Waals surface area contributed by atoms with Gasteiger partial charge in [-0.2, -0.15) is 6.42 Å². The molecule has 14 nitrogen and oxygen atoms in total. The average Bonchev–Trinajstić information content (AvgIpc) is 0.807. The Morgan fingerprint density at radius 1 is 0.611 bits per heavy atom. The Bertz CT molecular complexity index is 2590. The van der Waals surface area contributed by atoms with Gasteiger partial charge in [0.2, 0.25) is 0 Å². The fraction of sp³-hybridized carbons (Fsp3) is 0.632. The number of hydrogen-bond acceptors (Lipinski definition) is 13. The molecule has 5 N–H and O–H groups in total. The van der Waals surface area contributed by atoms with Crippen molar-refractivity contribution in [1.82, 2.24) is 9.97 Å². The molecule has 95 heavy (non-hydrogen) atoms. The largest absolute Gasteiger partial charge is 1.00 e. The monoisotopic (exact) mass is 1380 g/mol. The number of fused-ring (bicyclic) bond motifs is 2. The zero-order chi connectivity index (χ0) is 68.7. The van der Waals surface area contributed by atoms with Gasteiger partial charge in [0, 0.05) is 84.8 Å². The van der Waals surface area contributed by atoms with Gasteiger partial charge in [0.1, 0.15) is 17.9 Å². The number of carbonyl (C=O) groups is 3. The van der Waals surface area contributed by atoms with Gasteiger partial charge in [-0.05, 0) is 166 Å². The third-order valence-corrected chi connectivity index (χ3v) is 18.9. The van der Waals surface area contributed by atoms with Crippen LogP contribution < -0.4 is 18.9 Å². The molecule has 2 aromatic carbocycles. The second-order valence-corrected chi connectivity index (χ2v) is 26.2. The summed E-state index contributed by atoms with van der Waals surface area (Å²) >= 11 is 0. The first kappa shape index (κ1) is 95.4. The number of aldehydes is 1. The van der Waals surface area contributed by atoms with Gasteiger partial charge in [-0.3, -0.25) is 24.1 Å². The Morgan fingerprint density at radius 3 is 1.35 bits per heavy atom. The number of aliphatic hydroxyl groups is 3. The number of carbonyl (C=O) groups excluding carboxylic acids is 3. The maximum atomic E-state index is 13.5. The summed E-state index contributed by atoms with van der Waals surface area (Å²) in [7, 11) is -3.16. The van der Waals surface area contributed by atoms with E-state index in [1.807, 2.05) is 57.3 Å². The van der Waals surface area contributed by atoms with Crippen LogP contribution in [0.4, 0.5) is 8.78 Å². The van der Waals surface area contributed by atoms with Gasteiger partial charge in [0.25, 0.3) is 0 Å². The van der Waals surface area contributed by atoms with Crippen molar-refractivity contribution in [3.63, 3.8) is 0 Å². The fourth-order valence-corrected chi connectivity index (χ4v) is 14.2. The van der Waals surface area contributed by atoms with Crippen LogP contribution in [-0.2, 0) is 65.3 Å². The van der Waals surface area contributed by atoms with E-state index in [2.05, 4.69) is 63.7 Å². The minimum Gasteiger partial charge on any atom is -0.466 e. The fourth-order valence-electron chi connectivity index (χ4n) is 12.6. The van der Waals surface area contributed by atoms with Crippen molar-refractivity contribution in [2.24, 2.45) is 59.2 Å². The van der Waals surface area contributed by atoms with Gasteiger partial charge in [0.15, 0.2) is 0 Å². The molecule has 4 aliphatic rings. The summed E-state index contributed by atoms with van der Waals surface area (Å²) in [6.07, 6.45) is 30.1. The first-order chi connectivity index (χ1) is 44.3. The van der Waals surface area contributed by atoms with Crippen LogP contribution in [0.1, 0.15) is 210 Å². The Labute approximate surface area is 599 Å². The van der Waals surface area contributed by atoms with Crippen LogP contribution in [-0.4, -0.2) is 95.2 Å². The number of aliphatic hydroxyl groups excluding tert-OH is 3. The maximum Gasteiger partial charge on any atom is 1.00 e. The summed E-state index contributed by atoms with van der Waals surface area (Å²) in [4.78, 5) is 42.9. The van der Waals surface area contributed by atoms with E-state index in [-0.39, 0.29) is 81.7 Å². The molecular weight excluding hydrogens is 1260 g/mol. The van der Waals surface area contributed by atoms with E-state index in [0.717, 1.165) is 78.8 Å². The van der Waals surface area contributed by atoms with Crippen molar-refractivity contribution in [2.75, 3.05) is 46.2 Å². The molecule has 0 unspecified atom stereocenters. The summed E-state index contributed by atoms with van der Waals surface area (Å²) < 4.78 is 60.4. The van der Waals surface area contributed by atoms with Gasteiger partial charge < -0.3 is 51.0 Å². The van der Waals surface area contributed by atoms with Crippen LogP contribution in [0.2, 0.25) is 0 Å². The minimum atomic E-state index is -3.16. The van der Waals surface area contributed by atoms with Crippen LogP contribution in [0.3, 0.4) is 0 Å². The standard InChI is InChI=1S/C28H34FNO2.C16H19FNO3P.C16H26O3.C4H9.3C3H8O.C3H8.Li.H2O.Ti/c1-3-26-23(18-32-19(2)31)15-21-7-4-5-10-27(21)28(26)14-13-25-12-11-22(17-30-25)20-8-6-9-24(29)16-20;1-3-20-22(19,21-4-2)12-16-9-8-14(11-18-16)13-6-5-7-15(17)10-13;1-3-14-13(10-19-11(2)18)8-12-6-4-5-7-15(12)16(14)9-17;1-3-4-2;3*1-2-3-4;1-3-2;;;/h6,8-9,11-14,16-17,21,23,26-28H,3-5,7,10,15,18H2,1-2H3;5-11H,3-4,12H2,1-2H3;9,12-16H,3-8,10H2,1-2H3;1,3-4H2,2H3;3*4H,2-3H2,1H3;3H2,1-2H3;;1H2;/q;;;-1;;;;;+1;;/b14-13+;;;;;;;;;;/t21-,23-,26-,27+,28+;;12-,13-,14-,15+,16+;;;;;;;;/m0.0......../s1. The van der Waals surface area contributed by atoms with Gasteiger partial charge >= 0.3 is 38.4 Å². The topological polar surface area (TPSA) is 223 Å². The number of benzene rings is 2. The van der Waals surface area contributed by atoms with E-state index in [1.165, 1.54) is 115 Å². The molecule has 2 aromatic heterocycles. The number of ether oxygens (including phenoxy) is 2. The second-order valence-electron chi connectivity index (χ2n) is 24.2. The molecule has 2 heterocycles. The van der Waals surface area contributed by atoms with Crippen LogP contribution >= 0.6 is 7.60 Å². The van der Waals surface area contributed by atoms with Crippen molar-refractivity contribution in [3.05, 3.63) is 121 Å². The van der Waals surface area contributed by atoms with Crippen LogP contribution in [0.15, 0.2) is 91.3 Å². The molecule has 0 saturated heterocycles. The number of unbranched alkanes of at least 4 members (excludes halogenated alkanes) is 1. The van der Waals surface area contributed by atoms with Crippen molar-refractivity contribution < 1.29 is 108 Å². The summed E-state index contributed by atoms with van der Waals surface area (Å²) in [5, 5.41) is 23.6. The molecule has 0 bridgehead atoms. The molecule has 0 amide bonds. The third-order valence-electron chi connectivity index (χ3n) is 16.9. The SMILES string of the molecule is CCC.CCCO.CCCO.CCCO.CCOP(=O)(Cc1ccc(-c2cccc(F)c2)cn1)OCC.CC[C@H]1[C@H](COC(C)=O)C[C@@H]2CCCC[C@H]2[C@@H]1/C=C/c1ccc(-c2cccc(F)c2)cn1.CC[C@H]1[C@H](COC(C)=O)C[C@@H]2CCCC[C@H]2[C@@H]1C=O.O.[CH2-]CCC.[Li+].[Ti]. The van der Waals surface area contributed by atoms with E-state index in [0.29, 0.717) is 99.3 Å². The number of nitrogens with zero attached hydrogens (tertiary/aromatic N) is 2. The Kier molecular flexibility index (Phi) is 58.4. The van der Waals surface area contributed by atoms with Crippen molar-refractivity contribution in [1.29, 1.82) is 0 Å². The smallest absolute Gasteiger partial charge is 0.466 e. The van der Waals surface area contributed by atoms with Gasteiger partial charge in [-0.1, -0.05) is 162 Å². The third kappa shape index (κ3) is 37.9. The molecule has 0 aliphatic heterocycles. The van der Waals surface area contributed by atoms with E-state index in [4.69, 9.17) is 33.8 Å².